The first kappa shape index (κ1) is 20.4. The predicted molar refractivity (Wildman–Crippen MR) is 120 cm³/mol. The van der Waals surface area contributed by atoms with Crippen LogP contribution in [0.1, 0.15) is 40.0 Å². The summed E-state index contributed by atoms with van der Waals surface area (Å²) in [6.45, 7) is 6.74. The van der Waals surface area contributed by atoms with Crippen LogP contribution >= 0.6 is 0 Å². The average Bonchev–Trinajstić information content (AvgIpc) is 2.75. The summed E-state index contributed by atoms with van der Waals surface area (Å²) in [7, 11) is 1.71. The fraction of sp³-hybridized carbons (Fsp3) is 0.360. The fourth-order valence-electron chi connectivity index (χ4n) is 4.20. The normalized spacial score (nSPS) is 15.3. The second-order valence-electron chi connectivity index (χ2n) is 8.15. The van der Waals surface area contributed by atoms with E-state index in [1.807, 2.05) is 43.3 Å². The van der Waals surface area contributed by atoms with Crippen molar-refractivity contribution in [3.8, 4) is 5.75 Å². The highest BCUT2D eigenvalue weighted by Crippen LogP contribution is 2.22. The molecule has 1 saturated heterocycles. The van der Waals surface area contributed by atoms with E-state index in [1.54, 1.807) is 7.11 Å². The number of para-hydroxylation sites is 1. The van der Waals surface area contributed by atoms with E-state index in [0.29, 0.717) is 5.56 Å². The van der Waals surface area contributed by atoms with E-state index in [0.717, 1.165) is 54.8 Å². The van der Waals surface area contributed by atoms with Crippen LogP contribution in [0.4, 0.5) is 0 Å². The summed E-state index contributed by atoms with van der Waals surface area (Å²) in [5.74, 6) is 0.911. The molecule has 156 valence electrons. The predicted octanol–water partition coefficient (Wildman–Crippen LogP) is 4.25. The molecule has 2 aromatic carbocycles. The smallest absolute Gasteiger partial charge is 0.253 e. The molecule has 0 atom stereocenters. The van der Waals surface area contributed by atoms with E-state index in [2.05, 4.69) is 34.3 Å². The largest absolute Gasteiger partial charge is 0.496 e. The summed E-state index contributed by atoms with van der Waals surface area (Å²) >= 11 is 0. The Balaban J connectivity index is 1.37. The number of piperidine rings is 1. The maximum absolute atomic E-state index is 12.9. The minimum Gasteiger partial charge on any atom is -0.496 e. The molecule has 0 saturated carbocycles. The van der Waals surface area contributed by atoms with Crippen LogP contribution in [0.15, 0.2) is 48.5 Å². The Kier molecular flexibility index (Phi) is 6.00. The molecule has 0 spiro atoms. The maximum Gasteiger partial charge on any atom is 0.253 e. The first-order chi connectivity index (χ1) is 14.5. The first-order valence-corrected chi connectivity index (χ1v) is 10.6. The van der Waals surface area contributed by atoms with Gasteiger partial charge in [0, 0.05) is 36.6 Å². The summed E-state index contributed by atoms with van der Waals surface area (Å²) in [5.41, 5.74) is 4.75. The molecule has 5 nitrogen and oxygen atoms in total. The number of methoxy groups -OCH3 is 1. The Morgan fingerprint density at radius 3 is 2.67 bits per heavy atom. The summed E-state index contributed by atoms with van der Waals surface area (Å²) in [5, 5.41) is 4.24. The number of aromatic nitrogens is 1. The minimum atomic E-state index is -0.0217. The van der Waals surface area contributed by atoms with Gasteiger partial charge in [0.25, 0.3) is 5.91 Å². The SMILES string of the molecule is COc1ccccc1CN1CCC(NC(=O)c2cc3cc(C)ccc3nc2C)CC1. The van der Waals surface area contributed by atoms with Crippen molar-refractivity contribution in [2.45, 2.75) is 39.3 Å². The van der Waals surface area contributed by atoms with Crippen molar-refractivity contribution in [1.29, 1.82) is 0 Å². The van der Waals surface area contributed by atoms with Crippen LogP contribution < -0.4 is 10.1 Å². The molecule has 4 rings (SSSR count). The van der Waals surface area contributed by atoms with Crippen molar-refractivity contribution >= 4 is 16.8 Å². The number of nitrogens with one attached hydrogen (secondary N) is 1. The number of fused-ring (bicyclic) bond motifs is 1. The Hall–Kier alpha value is -2.92. The third-order valence-electron chi connectivity index (χ3n) is 5.91. The number of pyridine rings is 1. The molecule has 0 unspecified atom stereocenters. The lowest BCUT2D eigenvalue weighted by molar-refractivity contribution is 0.0908. The zero-order valence-corrected chi connectivity index (χ0v) is 17.9. The number of amides is 1. The number of ether oxygens (including phenoxy) is 1. The molecule has 5 heteroatoms. The van der Waals surface area contributed by atoms with Gasteiger partial charge in [-0.25, -0.2) is 0 Å². The first-order valence-electron chi connectivity index (χ1n) is 10.6. The lowest BCUT2D eigenvalue weighted by Gasteiger charge is -2.32. The van der Waals surface area contributed by atoms with Crippen molar-refractivity contribution in [3.05, 3.63) is 70.9 Å². The van der Waals surface area contributed by atoms with Crippen molar-refractivity contribution in [2.24, 2.45) is 0 Å². The Labute approximate surface area is 178 Å². The molecule has 1 aromatic heterocycles. The second-order valence-corrected chi connectivity index (χ2v) is 8.15. The highest BCUT2D eigenvalue weighted by molar-refractivity contribution is 5.98. The number of hydrogen-bond acceptors (Lipinski definition) is 4. The summed E-state index contributed by atoms with van der Waals surface area (Å²) in [6, 6.07) is 16.5. The molecule has 1 N–H and O–H groups in total. The van der Waals surface area contributed by atoms with Crippen LogP contribution in [0.3, 0.4) is 0 Å². The number of benzene rings is 2. The van der Waals surface area contributed by atoms with E-state index in [4.69, 9.17) is 4.74 Å². The topological polar surface area (TPSA) is 54.5 Å². The van der Waals surface area contributed by atoms with Gasteiger partial charge in [0.15, 0.2) is 0 Å². The standard InChI is InChI=1S/C25H29N3O2/c1-17-8-9-23-20(14-17)15-22(18(2)26-23)25(29)27-21-10-12-28(13-11-21)16-19-6-4-5-7-24(19)30-3/h4-9,14-15,21H,10-13,16H2,1-3H3,(H,27,29). The number of carbonyl (C=O) groups is 1. The molecule has 2 heterocycles. The molecule has 3 aromatic rings. The molecular formula is C25H29N3O2. The molecule has 1 aliphatic heterocycles. The molecule has 0 bridgehead atoms. The Morgan fingerprint density at radius 1 is 1.13 bits per heavy atom. The van der Waals surface area contributed by atoms with Crippen molar-refractivity contribution in [2.75, 3.05) is 20.2 Å². The van der Waals surface area contributed by atoms with Crippen molar-refractivity contribution in [3.63, 3.8) is 0 Å². The van der Waals surface area contributed by atoms with Crippen LogP contribution in [0.5, 0.6) is 5.75 Å². The number of aryl methyl sites for hydroxylation is 2. The molecule has 1 amide bonds. The highest BCUT2D eigenvalue weighted by Gasteiger charge is 2.23. The van der Waals surface area contributed by atoms with Crippen LogP contribution in [-0.4, -0.2) is 42.0 Å². The molecular weight excluding hydrogens is 374 g/mol. The summed E-state index contributed by atoms with van der Waals surface area (Å²) in [6.07, 6.45) is 1.89. The zero-order valence-electron chi connectivity index (χ0n) is 17.9. The third kappa shape index (κ3) is 4.46. The van der Waals surface area contributed by atoms with Gasteiger partial charge in [0.1, 0.15) is 5.75 Å². The number of hydrogen-bond donors (Lipinski definition) is 1. The number of carbonyl (C=O) groups excluding carboxylic acids is 1. The van der Waals surface area contributed by atoms with Gasteiger partial charge in [-0.2, -0.15) is 0 Å². The lowest BCUT2D eigenvalue weighted by atomic mass is 10.0. The highest BCUT2D eigenvalue weighted by atomic mass is 16.5. The number of rotatable bonds is 5. The average molecular weight is 404 g/mol. The van der Waals surface area contributed by atoms with E-state index < -0.39 is 0 Å². The van der Waals surface area contributed by atoms with Crippen LogP contribution in [0.25, 0.3) is 10.9 Å². The molecule has 0 radical (unpaired) electrons. The molecule has 0 aliphatic carbocycles. The second kappa shape index (κ2) is 8.84. The van der Waals surface area contributed by atoms with Gasteiger partial charge in [-0.05, 0) is 51.0 Å². The van der Waals surface area contributed by atoms with E-state index in [-0.39, 0.29) is 11.9 Å². The van der Waals surface area contributed by atoms with Gasteiger partial charge in [-0.3, -0.25) is 14.7 Å². The van der Waals surface area contributed by atoms with Gasteiger partial charge in [-0.1, -0.05) is 29.8 Å². The van der Waals surface area contributed by atoms with Crippen LogP contribution in [0.2, 0.25) is 0 Å². The third-order valence-corrected chi connectivity index (χ3v) is 5.91. The van der Waals surface area contributed by atoms with Gasteiger partial charge in [0.2, 0.25) is 0 Å². The zero-order chi connectivity index (χ0) is 21.1. The van der Waals surface area contributed by atoms with Gasteiger partial charge < -0.3 is 10.1 Å². The monoisotopic (exact) mass is 403 g/mol. The van der Waals surface area contributed by atoms with E-state index >= 15 is 0 Å². The van der Waals surface area contributed by atoms with E-state index in [1.165, 1.54) is 11.1 Å². The van der Waals surface area contributed by atoms with Crippen LogP contribution in [-0.2, 0) is 6.54 Å². The molecule has 30 heavy (non-hydrogen) atoms. The van der Waals surface area contributed by atoms with E-state index in [9.17, 15) is 4.79 Å². The quantitative estimate of drug-likeness (QED) is 0.692. The lowest BCUT2D eigenvalue weighted by Crippen LogP contribution is -2.44. The summed E-state index contributed by atoms with van der Waals surface area (Å²) in [4.78, 5) is 20.0. The van der Waals surface area contributed by atoms with Gasteiger partial charge in [0.05, 0.1) is 23.9 Å². The van der Waals surface area contributed by atoms with Crippen molar-refractivity contribution < 1.29 is 9.53 Å². The number of nitrogens with zero attached hydrogens (tertiary/aromatic N) is 2. The Morgan fingerprint density at radius 2 is 1.90 bits per heavy atom. The van der Waals surface area contributed by atoms with Crippen LogP contribution in [0, 0.1) is 13.8 Å². The molecule has 1 fully saturated rings. The Bertz CT molecular complexity index is 1060. The summed E-state index contributed by atoms with van der Waals surface area (Å²) < 4.78 is 5.47. The number of likely N-dealkylation sites (tertiary alicyclic amines) is 1. The molecule has 1 aliphatic rings. The maximum atomic E-state index is 12.9. The van der Waals surface area contributed by atoms with Gasteiger partial charge in [-0.15, -0.1) is 0 Å². The minimum absolute atomic E-state index is 0.0217. The van der Waals surface area contributed by atoms with Crippen molar-refractivity contribution in [1.82, 2.24) is 15.2 Å². The van der Waals surface area contributed by atoms with Gasteiger partial charge >= 0.3 is 0 Å². The fourth-order valence-corrected chi connectivity index (χ4v) is 4.20.